The first-order chi connectivity index (χ1) is 9.27. The summed E-state index contributed by atoms with van der Waals surface area (Å²) in [6.45, 7) is 0. The van der Waals surface area contributed by atoms with Crippen molar-refractivity contribution in [1.29, 1.82) is 0 Å². The highest BCUT2D eigenvalue weighted by Crippen LogP contribution is 2.42. The predicted octanol–water partition coefficient (Wildman–Crippen LogP) is 0.571. The molecule has 2 amide bonds. The molecule has 1 unspecified atom stereocenters. The molecule has 116 valence electrons. The molecule has 1 aliphatic heterocycles. The summed E-state index contributed by atoms with van der Waals surface area (Å²) in [5.74, 6) is -1.75. The van der Waals surface area contributed by atoms with Gasteiger partial charge in [0.05, 0.1) is 12.5 Å². The van der Waals surface area contributed by atoms with Crippen molar-refractivity contribution < 1.29 is 27.8 Å². The van der Waals surface area contributed by atoms with E-state index < -0.39 is 24.2 Å². The summed E-state index contributed by atoms with van der Waals surface area (Å²) in [5, 5.41) is 2.35. The lowest BCUT2D eigenvalue weighted by Crippen LogP contribution is -2.38. The molecule has 0 radical (unpaired) electrons. The van der Waals surface area contributed by atoms with Crippen LogP contribution in [0.3, 0.4) is 0 Å². The quantitative estimate of drug-likeness (QED) is 0.749. The zero-order valence-electron chi connectivity index (χ0n) is 10.5. The van der Waals surface area contributed by atoms with Gasteiger partial charge in [-0.3, -0.25) is 9.59 Å². The number of amides is 2. The average Bonchev–Trinajstić information content (AvgIpc) is 2.61. The molecule has 0 saturated carbocycles. The van der Waals surface area contributed by atoms with E-state index in [-0.39, 0.29) is 36.0 Å². The number of halogens is 3. The van der Waals surface area contributed by atoms with Crippen LogP contribution in [0.2, 0.25) is 0 Å². The molecule has 7 nitrogen and oxygen atoms in total. The second-order valence-corrected chi connectivity index (χ2v) is 4.10. The Morgan fingerprint density at radius 3 is 2.52 bits per heavy atom. The van der Waals surface area contributed by atoms with Crippen molar-refractivity contribution in [2.45, 2.75) is 18.8 Å². The first kappa shape index (κ1) is 16.9. The number of rotatable bonds is 4. The van der Waals surface area contributed by atoms with Crippen molar-refractivity contribution in [3.63, 3.8) is 0 Å². The molecule has 5 N–H and O–H groups in total. The van der Waals surface area contributed by atoms with Gasteiger partial charge in [0.15, 0.2) is 11.5 Å². The van der Waals surface area contributed by atoms with E-state index in [1.54, 1.807) is 0 Å². The van der Waals surface area contributed by atoms with Gasteiger partial charge in [-0.2, -0.15) is 0 Å². The Bertz CT molecular complexity index is 570. The van der Waals surface area contributed by atoms with Gasteiger partial charge in [0.2, 0.25) is 11.8 Å². The smallest absolute Gasteiger partial charge is 0.395 e. The topological polar surface area (TPSA) is 117 Å². The minimum absolute atomic E-state index is 0. The van der Waals surface area contributed by atoms with Crippen LogP contribution in [-0.4, -0.2) is 24.2 Å². The lowest BCUT2D eigenvalue weighted by molar-refractivity contribution is -0.286. The molecule has 1 aliphatic rings. The number of fused-ring (bicyclic) bond motifs is 1. The standard InChI is InChI=1S/C11H11F2N3O4.ClH/c12-11(13)19-7-2-1-5(3-8(7)20-11)16-10(18)6(14)4-9(15)17;/h1-3,6H,4,14H2,(H2,15,17)(H,16,18);1H. The number of hydrogen-bond donors (Lipinski definition) is 3. The van der Waals surface area contributed by atoms with Crippen LogP contribution >= 0.6 is 12.4 Å². The summed E-state index contributed by atoms with van der Waals surface area (Å²) in [6, 6.07) is 2.58. The Kier molecular flexibility index (Phi) is 4.92. The Morgan fingerprint density at radius 2 is 1.90 bits per heavy atom. The third-order valence-electron chi connectivity index (χ3n) is 2.43. The van der Waals surface area contributed by atoms with Crippen molar-refractivity contribution >= 4 is 29.9 Å². The molecular weight excluding hydrogens is 312 g/mol. The molecule has 2 rings (SSSR count). The van der Waals surface area contributed by atoms with Gasteiger partial charge < -0.3 is 26.3 Å². The summed E-state index contributed by atoms with van der Waals surface area (Å²) in [4.78, 5) is 22.2. The van der Waals surface area contributed by atoms with Gasteiger partial charge in [-0.15, -0.1) is 21.2 Å². The van der Waals surface area contributed by atoms with Gasteiger partial charge in [0.25, 0.3) is 0 Å². The number of benzene rings is 1. The van der Waals surface area contributed by atoms with E-state index in [1.165, 1.54) is 12.1 Å². The van der Waals surface area contributed by atoms with E-state index in [0.29, 0.717) is 0 Å². The molecule has 0 saturated heterocycles. The maximum absolute atomic E-state index is 12.8. The van der Waals surface area contributed by atoms with Crippen molar-refractivity contribution in [2.75, 3.05) is 5.32 Å². The van der Waals surface area contributed by atoms with Gasteiger partial charge >= 0.3 is 6.29 Å². The van der Waals surface area contributed by atoms with Crippen LogP contribution in [0.1, 0.15) is 6.42 Å². The maximum atomic E-state index is 12.8. The van der Waals surface area contributed by atoms with Gasteiger partial charge in [0, 0.05) is 11.8 Å². The number of nitrogens with two attached hydrogens (primary N) is 2. The molecule has 0 aliphatic carbocycles. The van der Waals surface area contributed by atoms with Gasteiger partial charge in [-0.05, 0) is 12.1 Å². The molecule has 1 aromatic carbocycles. The Hall–Kier alpha value is -2.13. The highest BCUT2D eigenvalue weighted by atomic mass is 35.5. The summed E-state index contributed by atoms with van der Waals surface area (Å²) in [7, 11) is 0. The highest BCUT2D eigenvalue weighted by molar-refractivity contribution is 5.97. The zero-order valence-corrected chi connectivity index (χ0v) is 11.3. The molecule has 0 fully saturated rings. The molecule has 1 aromatic rings. The monoisotopic (exact) mass is 323 g/mol. The zero-order chi connectivity index (χ0) is 14.9. The molecule has 0 spiro atoms. The first-order valence-electron chi connectivity index (χ1n) is 5.51. The average molecular weight is 324 g/mol. The molecule has 0 aromatic heterocycles. The van der Waals surface area contributed by atoms with Crippen LogP contribution in [0.25, 0.3) is 0 Å². The molecule has 1 atom stereocenters. The van der Waals surface area contributed by atoms with Crippen molar-refractivity contribution in [3.8, 4) is 11.5 Å². The molecule has 21 heavy (non-hydrogen) atoms. The lowest BCUT2D eigenvalue weighted by Gasteiger charge is -2.10. The van der Waals surface area contributed by atoms with Gasteiger partial charge in [-0.25, -0.2) is 0 Å². The summed E-state index contributed by atoms with van der Waals surface area (Å²) in [5.41, 5.74) is 10.5. The number of carbonyl (C=O) groups excluding carboxylic acids is 2. The third kappa shape index (κ3) is 4.17. The minimum Gasteiger partial charge on any atom is -0.395 e. The van der Waals surface area contributed by atoms with Crippen LogP contribution in [0.4, 0.5) is 14.5 Å². The van der Waals surface area contributed by atoms with E-state index >= 15 is 0 Å². The molecule has 0 bridgehead atoms. The predicted molar refractivity (Wildman–Crippen MR) is 70.3 cm³/mol. The van der Waals surface area contributed by atoms with Crippen molar-refractivity contribution in [3.05, 3.63) is 18.2 Å². The SMILES string of the molecule is Cl.NC(=O)CC(N)C(=O)Nc1ccc2c(c1)OC(F)(F)O2. The van der Waals surface area contributed by atoms with E-state index in [4.69, 9.17) is 11.5 Å². The van der Waals surface area contributed by atoms with Crippen LogP contribution in [-0.2, 0) is 9.59 Å². The van der Waals surface area contributed by atoms with Crippen LogP contribution in [0, 0.1) is 0 Å². The Morgan fingerprint density at radius 1 is 1.29 bits per heavy atom. The molecule has 1 heterocycles. The van der Waals surface area contributed by atoms with Gasteiger partial charge in [0.1, 0.15) is 0 Å². The highest BCUT2D eigenvalue weighted by Gasteiger charge is 2.43. The number of ether oxygens (including phenoxy) is 2. The summed E-state index contributed by atoms with van der Waals surface area (Å²) >= 11 is 0. The molecular formula is C11H12ClF2N3O4. The van der Waals surface area contributed by atoms with E-state index in [2.05, 4.69) is 14.8 Å². The van der Waals surface area contributed by atoms with E-state index in [1.807, 2.05) is 0 Å². The second-order valence-electron chi connectivity index (χ2n) is 4.10. The number of carbonyl (C=O) groups is 2. The second kappa shape index (κ2) is 6.10. The van der Waals surface area contributed by atoms with Crippen molar-refractivity contribution in [1.82, 2.24) is 0 Å². The normalized spacial score (nSPS) is 15.8. The van der Waals surface area contributed by atoms with Crippen LogP contribution < -0.4 is 26.3 Å². The van der Waals surface area contributed by atoms with E-state index in [0.717, 1.165) is 6.07 Å². The Labute approximate surface area is 124 Å². The van der Waals surface area contributed by atoms with Crippen LogP contribution in [0.5, 0.6) is 11.5 Å². The summed E-state index contributed by atoms with van der Waals surface area (Å²) < 4.78 is 34.0. The van der Waals surface area contributed by atoms with Crippen molar-refractivity contribution in [2.24, 2.45) is 11.5 Å². The van der Waals surface area contributed by atoms with Gasteiger partial charge in [-0.1, -0.05) is 0 Å². The Balaban J connectivity index is 0.00000220. The fourth-order valence-corrected chi connectivity index (χ4v) is 1.57. The number of primary amides is 1. The number of anilines is 1. The molecule has 10 heteroatoms. The first-order valence-corrected chi connectivity index (χ1v) is 5.51. The fourth-order valence-electron chi connectivity index (χ4n) is 1.57. The van der Waals surface area contributed by atoms with Crippen LogP contribution in [0.15, 0.2) is 18.2 Å². The number of alkyl halides is 2. The van der Waals surface area contributed by atoms with E-state index in [9.17, 15) is 18.4 Å². The third-order valence-corrected chi connectivity index (χ3v) is 2.43. The minimum atomic E-state index is -3.73. The number of hydrogen-bond acceptors (Lipinski definition) is 5. The fraction of sp³-hybridized carbons (Fsp3) is 0.273. The number of nitrogens with one attached hydrogen (secondary N) is 1. The lowest BCUT2D eigenvalue weighted by atomic mass is 10.2. The summed E-state index contributed by atoms with van der Waals surface area (Å²) in [6.07, 6.45) is -4.05. The maximum Gasteiger partial charge on any atom is 0.586 e. The largest absolute Gasteiger partial charge is 0.586 e.